The molecular weight excluding hydrogens is 675 g/mol. The normalized spacial score (nSPS) is 11.0. The summed E-state index contributed by atoms with van der Waals surface area (Å²) in [6.45, 7) is 5.83. The summed E-state index contributed by atoms with van der Waals surface area (Å²) in [4.78, 5) is 4.36. The van der Waals surface area contributed by atoms with Crippen LogP contribution in [-0.4, -0.2) is 23.3 Å². The summed E-state index contributed by atoms with van der Waals surface area (Å²) in [7, 11) is 0. The first-order chi connectivity index (χ1) is 27.2. The zero-order chi connectivity index (χ0) is 39.0. The monoisotopic (exact) mass is 750 g/mol. The number of hydrogen-bond acceptors (Lipinski definition) is 4. The second kappa shape index (κ2) is 30.6. The molecule has 55 heavy (non-hydrogen) atoms. The topological polar surface area (TPSA) is 51.6 Å². The van der Waals surface area contributed by atoms with Gasteiger partial charge in [0.2, 0.25) is 0 Å². The van der Waals surface area contributed by atoms with Crippen molar-refractivity contribution >= 4 is 10.9 Å². The van der Waals surface area contributed by atoms with E-state index >= 15 is 0 Å². The third-order valence-electron chi connectivity index (χ3n) is 10.8. The fraction of sp³-hybridized carbons (Fsp3) is 0.627. The average molecular weight is 750 g/mol. The number of pyridine rings is 1. The van der Waals surface area contributed by atoms with Gasteiger partial charge in [-0.2, -0.15) is 0 Å². The summed E-state index contributed by atoms with van der Waals surface area (Å²) < 4.78 is 12.7. The molecule has 0 fully saturated rings. The van der Waals surface area contributed by atoms with Crippen LogP contribution in [0.5, 0.6) is 17.2 Å². The number of terminal acetylenes is 1. The van der Waals surface area contributed by atoms with E-state index in [0.717, 1.165) is 42.2 Å². The number of rotatable bonds is 32. The summed E-state index contributed by atoms with van der Waals surface area (Å²) >= 11 is 0. The number of aromatic hydroxyl groups is 1. The van der Waals surface area contributed by atoms with Crippen LogP contribution < -0.4 is 9.47 Å². The molecule has 0 amide bonds. The zero-order valence-electron chi connectivity index (χ0n) is 35.0. The quantitative estimate of drug-likeness (QED) is 0.0510. The lowest BCUT2D eigenvalue weighted by atomic mass is 10.0. The van der Waals surface area contributed by atoms with Gasteiger partial charge in [-0.25, -0.2) is 0 Å². The fourth-order valence-electron chi connectivity index (χ4n) is 7.37. The maximum absolute atomic E-state index is 10.3. The minimum atomic E-state index is 0.149. The third kappa shape index (κ3) is 19.7. The van der Waals surface area contributed by atoms with Crippen molar-refractivity contribution in [3.8, 4) is 41.4 Å². The molecule has 0 spiro atoms. The minimum Gasteiger partial charge on any atom is -0.506 e. The first kappa shape index (κ1) is 45.8. The molecule has 302 valence electrons. The molecule has 1 heterocycles. The van der Waals surface area contributed by atoms with Gasteiger partial charge in [0.05, 0.1) is 24.3 Å². The molecule has 4 heteroatoms. The Hall–Kier alpha value is -3.63. The SMILES string of the molecule is C#Cc1cc(OCCCCCCCCCCCCCCCC)c(C#Cc2ccc(O)c3ncccc23)cc1OCCCCCCCCCCCCCCCC. The summed E-state index contributed by atoms with van der Waals surface area (Å²) in [5.74, 6) is 11.0. The largest absolute Gasteiger partial charge is 0.506 e. The molecule has 0 saturated heterocycles. The Balaban J connectivity index is 1.47. The first-order valence-corrected chi connectivity index (χ1v) is 22.7. The number of phenols is 1. The smallest absolute Gasteiger partial charge is 0.141 e. The van der Waals surface area contributed by atoms with Crippen molar-refractivity contribution in [2.24, 2.45) is 0 Å². The highest BCUT2D eigenvalue weighted by atomic mass is 16.5. The number of nitrogens with zero attached hydrogens (tertiary/aromatic N) is 1. The number of phenolic OH excluding ortho intramolecular Hbond substituents is 1. The van der Waals surface area contributed by atoms with Crippen LogP contribution in [0.2, 0.25) is 0 Å². The summed E-state index contributed by atoms with van der Waals surface area (Å²) in [6.07, 6.45) is 44.8. The molecule has 0 atom stereocenters. The van der Waals surface area contributed by atoms with Crippen LogP contribution >= 0.6 is 0 Å². The van der Waals surface area contributed by atoms with E-state index < -0.39 is 0 Å². The average Bonchev–Trinajstić information content (AvgIpc) is 3.21. The van der Waals surface area contributed by atoms with Crippen LogP contribution in [0.3, 0.4) is 0 Å². The third-order valence-corrected chi connectivity index (χ3v) is 10.8. The van der Waals surface area contributed by atoms with Crippen LogP contribution in [0, 0.1) is 24.2 Å². The predicted octanol–water partition coefficient (Wildman–Crippen LogP) is 15.0. The molecule has 0 saturated carbocycles. The van der Waals surface area contributed by atoms with Crippen molar-refractivity contribution < 1.29 is 14.6 Å². The van der Waals surface area contributed by atoms with Gasteiger partial charge in [0, 0.05) is 29.3 Å². The lowest BCUT2D eigenvalue weighted by molar-refractivity contribution is 0.295. The molecule has 0 aliphatic rings. The predicted molar refractivity (Wildman–Crippen MR) is 235 cm³/mol. The Morgan fingerprint density at radius 3 is 1.36 bits per heavy atom. The summed E-state index contributed by atoms with van der Waals surface area (Å²) in [5, 5.41) is 11.2. The number of benzene rings is 2. The maximum Gasteiger partial charge on any atom is 0.141 e. The molecule has 0 radical (unpaired) electrons. The van der Waals surface area contributed by atoms with Gasteiger partial charge in [-0.15, -0.1) is 6.42 Å². The second-order valence-electron chi connectivity index (χ2n) is 15.7. The van der Waals surface area contributed by atoms with Crippen LogP contribution in [0.15, 0.2) is 42.6 Å². The molecule has 2 aromatic carbocycles. The van der Waals surface area contributed by atoms with Crippen LogP contribution in [-0.2, 0) is 0 Å². The van der Waals surface area contributed by atoms with Gasteiger partial charge < -0.3 is 14.6 Å². The van der Waals surface area contributed by atoms with Crippen molar-refractivity contribution in [1.29, 1.82) is 0 Å². The number of aromatic nitrogens is 1. The van der Waals surface area contributed by atoms with Crippen molar-refractivity contribution in [2.75, 3.05) is 13.2 Å². The lowest BCUT2D eigenvalue weighted by Gasteiger charge is -2.14. The van der Waals surface area contributed by atoms with E-state index in [1.165, 1.54) is 154 Å². The van der Waals surface area contributed by atoms with E-state index in [2.05, 4.69) is 36.6 Å². The number of hydrogen-bond donors (Lipinski definition) is 1. The van der Waals surface area contributed by atoms with Crippen LogP contribution in [0.4, 0.5) is 0 Å². The number of unbranched alkanes of at least 4 members (excludes halogenated alkanes) is 26. The molecule has 1 aromatic heterocycles. The van der Waals surface area contributed by atoms with Gasteiger partial charge in [-0.1, -0.05) is 199 Å². The van der Waals surface area contributed by atoms with Gasteiger partial charge in [-0.3, -0.25) is 4.98 Å². The standard InChI is InChI=1S/C51H75NO3/c1-4-7-9-11-13-15-17-19-21-23-25-27-29-31-40-54-49-43-46(36-35-45-37-38-48(53)51-47(45)34-33-39-52-51)50(42-44(49)6-3)55-41-32-30-28-26-24-22-20-18-16-14-12-10-8-5-2/h3,33-34,37-39,42-43,53H,4-5,7-32,40-41H2,1-2H3. The van der Waals surface area contributed by atoms with E-state index in [4.69, 9.17) is 15.9 Å². The van der Waals surface area contributed by atoms with Crippen LogP contribution in [0.25, 0.3) is 10.9 Å². The second-order valence-corrected chi connectivity index (χ2v) is 15.7. The Morgan fingerprint density at radius 1 is 0.509 bits per heavy atom. The highest BCUT2D eigenvalue weighted by Gasteiger charge is 2.12. The Labute approximate surface area is 337 Å². The number of fused-ring (bicyclic) bond motifs is 1. The molecule has 0 unspecified atom stereocenters. The van der Waals surface area contributed by atoms with E-state index in [1.54, 1.807) is 12.3 Å². The minimum absolute atomic E-state index is 0.149. The summed E-state index contributed by atoms with van der Waals surface area (Å²) in [6, 6.07) is 11.2. The molecule has 4 nitrogen and oxygen atoms in total. The van der Waals surface area contributed by atoms with Gasteiger partial charge in [0.25, 0.3) is 0 Å². The molecule has 0 aliphatic heterocycles. The van der Waals surface area contributed by atoms with Gasteiger partial charge in [0.1, 0.15) is 22.8 Å². The zero-order valence-corrected chi connectivity index (χ0v) is 35.0. The highest BCUT2D eigenvalue weighted by molar-refractivity contribution is 5.89. The molecule has 0 bridgehead atoms. The van der Waals surface area contributed by atoms with Gasteiger partial charge >= 0.3 is 0 Å². The fourth-order valence-corrected chi connectivity index (χ4v) is 7.37. The number of ether oxygens (including phenoxy) is 2. The van der Waals surface area contributed by atoms with E-state index in [1.807, 2.05) is 30.3 Å². The summed E-state index contributed by atoms with van der Waals surface area (Å²) in [5.41, 5.74) is 2.80. The van der Waals surface area contributed by atoms with E-state index in [9.17, 15) is 5.11 Å². The van der Waals surface area contributed by atoms with E-state index in [0.29, 0.717) is 35.8 Å². The molecule has 0 aliphatic carbocycles. The van der Waals surface area contributed by atoms with Crippen LogP contribution in [0.1, 0.15) is 210 Å². The molecular formula is C51H75NO3. The van der Waals surface area contributed by atoms with Crippen molar-refractivity contribution in [2.45, 2.75) is 194 Å². The highest BCUT2D eigenvalue weighted by Crippen LogP contribution is 2.30. The Morgan fingerprint density at radius 2 is 0.909 bits per heavy atom. The van der Waals surface area contributed by atoms with Crippen molar-refractivity contribution in [3.63, 3.8) is 0 Å². The van der Waals surface area contributed by atoms with Crippen molar-refractivity contribution in [1.82, 2.24) is 4.98 Å². The lowest BCUT2D eigenvalue weighted by Crippen LogP contribution is -2.03. The Kier molecular flexibility index (Phi) is 25.4. The van der Waals surface area contributed by atoms with Crippen molar-refractivity contribution in [3.05, 3.63) is 59.3 Å². The Bertz CT molecular complexity index is 1540. The van der Waals surface area contributed by atoms with E-state index in [-0.39, 0.29) is 5.75 Å². The molecule has 1 N–H and O–H groups in total. The first-order valence-electron chi connectivity index (χ1n) is 22.7. The molecule has 3 rings (SSSR count). The molecule has 3 aromatic rings. The maximum atomic E-state index is 10.3. The van der Waals surface area contributed by atoms with Gasteiger partial charge in [0.15, 0.2) is 0 Å². The van der Waals surface area contributed by atoms with Gasteiger partial charge in [-0.05, 0) is 37.1 Å².